The van der Waals surface area contributed by atoms with Gasteiger partial charge in [0.05, 0.1) is 5.60 Å². The highest BCUT2D eigenvalue weighted by Gasteiger charge is 2.32. The molecule has 1 nitrogen and oxygen atoms in total. The maximum atomic E-state index is 5.73. The molecule has 1 heteroatoms. The zero-order valence-corrected chi connectivity index (χ0v) is 8.02. The highest BCUT2D eigenvalue weighted by molar-refractivity contribution is 4.82. The normalized spacial score (nSPS) is 30.3. The molecule has 0 saturated carbocycles. The Bertz CT molecular complexity index is 116. The van der Waals surface area contributed by atoms with Gasteiger partial charge in [-0.05, 0) is 39.0 Å². The van der Waals surface area contributed by atoms with Crippen molar-refractivity contribution >= 4 is 0 Å². The van der Waals surface area contributed by atoms with Crippen LogP contribution in [-0.4, -0.2) is 12.2 Å². The quantitative estimate of drug-likeness (QED) is 0.597. The van der Waals surface area contributed by atoms with Gasteiger partial charge in [-0.15, -0.1) is 0 Å². The molecule has 0 amide bonds. The van der Waals surface area contributed by atoms with E-state index >= 15 is 0 Å². The van der Waals surface area contributed by atoms with Crippen LogP contribution in [0.2, 0.25) is 0 Å². The molecule has 0 radical (unpaired) electrons. The zero-order valence-electron chi connectivity index (χ0n) is 8.02. The molecule has 1 saturated heterocycles. The monoisotopic (exact) mass is 156 g/mol. The van der Waals surface area contributed by atoms with Gasteiger partial charge < -0.3 is 4.74 Å². The molecule has 0 unspecified atom stereocenters. The van der Waals surface area contributed by atoms with Gasteiger partial charge in [-0.3, -0.25) is 0 Å². The first-order valence-electron chi connectivity index (χ1n) is 4.81. The predicted octanol–water partition coefficient (Wildman–Crippen LogP) is 2.99. The average Bonchev–Trinajstić information content (AvgIpc) is 1.94. The van der Waals surface area contributed by atoms with Gasteiger partial charge >= 0.3 is 0 Å². The van der Waals surface area contributed by atoms with Crippen LogP contribution < -0.4 is 0 Å². The molecule has 1 aliphatic heterocycles. The Morgan fingerprint density at radius 2 is 2.18 bits per heavy atom. The van der Waals surface area contributed by atoms with Crippen LogP contribution in [0.15, 0.2) is 0 Å². The Balaban J connectivity index is 2.45. The number of ether oxygens (including phenoxy) is 1. The molecule has 0 bridgehead atoms. The molecular weight excluding hydrogens is 136 g/mol. The van der Waals surface area contributed by atoms with E-state index in [2.05, 4.69) is 20.8 Å². The van der Waals surface area contributed by atoms with Gasteiger partial charge in [-0.25, -0.2) is 0 Å². The molecule has 11 heavy (non-hydrogen) atoms. The van der Waals surface area contributed by atoms with Gasteiger partial charge in [-0.1, -0.05) is 13.3 Å². The second kappa shape index (κ2) is 3.57. The maximum Gasteiger partial charge on any atom is 0.0654 e. The van der Waals surface area contributed by atoms with E-state index in [1.807, 2.05) is 0 Å². The van der Waals surface area contributed by atoms with Crippen molar-refractivity contribution in [3.05, 3.63) is 0 Å². The largest absolute Gasteiger partial charge is 0.375 e. The summed E-state index contributed by atoms with van der Waals surface area (Å²) in [6.45, 7) is 7.68. The topological polar surface area (TPSA) is 9.23 Å². The minimum absolute atomic E-state index is 0.147. The highest BCUT2D eigenvalue weighted by Crippen LogP contribution is 2.33. The SMILES string of the molecule is CCC[C@H]1CCCOC1(C)C. The summed E-state index contributed by atoms with van der Waals surface area (Å²) in [4.78, 5) is 0. The van der Waals surface area contributed by atoms with E-state index in [4.69, 9.17) is 4.74 Å². The molecule has 1 heterocycles. The smallest absolute Gasteiger partial charge is 0.0654 e. The lowest BCUT2D eigenvalue weighted by atomic mass is 9.82. The molecule has 1 rings (SSSR count). The fourth-order valence-corrected chi connectivity index (χ4v) is 1.97. The van der Waals surface area contributed by atoms with Crippen LogP contribution in [-0.2, 0) is 4.74 Å². The van der Waals surface area contributed by atoms with Gasteiger partial charge in [0, 0.05) is 6.61 Å². The number of hydrogen-bond acceptors (Lipinski definition) is 1. The van der Waals surface area contributed by atoms with E-state index in [9.17, 15) is 0 Å². The molecule has 0 aliphatic carbocycles. The van der Waals surface area contributed by atoms with Crippen molar-refractivity contribution in [2.75, 3.05) is 6.61 Å². The van der Waals surface area contributed by atoms with Crippen molar-refractivity contribution < 1.29 is 4.74 Å². The zero-order chi connectivity index (χ0) is 8.32. The van der Waals surface area contributed by atoms with Gasteiger partial charge in [0.2, 0.25) is 0 Å². The summed E-state index contributed by atoms with van der Waals surface area (Å²) in [5, 5.41) is 0. The van der Waals surface area contributed by atoms with E-state index < -0.39 is 0 Å². The number of hydrogen-bond donors (Lipinski definition) is 0. The second-order valence-electron chi connectivity index (χ2n) is 4.08. The first kappa shape index (κ1) is 9.05. The fraction of sp³-hybridized carbons (Fsp3) is 1.00. The summed E-state index contributed by atoms with van der Waals surface area (Å²) in [5.74, 6) is 0.793. The van der Waals surface area contributed by atoms with E-state index in [1.54, 1.807) is 0 Å². The van der Waals surface area contributed by atoms with Crippen LogP contribution in [0, 0.1) is 5.92 Å². The highest BCUT2D eigenvalue weighted by atomic mass is 16.5. The third-order valence-corrected chi connectivity index (χ3v) is 2.79. The van der Waals surface area contributed by atoms with Crippen LogP contribution in [0.4, 0.5) is 0 Å². The van der Waals surface area contributed by atoms with Crippen LogP contribution in [0.5, 0.6) is 0 Å². The fourth-order valence-electron chi connectivity index (χ4n) is 1.97. The van der Waals surface area contributed by atoms with Crippen molar-refractivity contribution in [1.29, 1.82) is 0 Å². The first-order valence-corrected chi connectivity index (χ1v) is 4.81. The summed E-state index contributed by atoms with van der Waals surface area (Å²) < 4.78 is 5.73. The van der Waals surface area contributed by atoms with Crippen LogP contribution in [0.1, 0.15) is 46.5 Å². The van der Waals surface area contributed by atoms with Crippen molar-refractivity contribution in [3.63, 3.8) is 0 Å². The Labute approximate surface area is 70.1 Å². The molecular formula is C10H20O. The summed E-state index contributed by atoms with van der Waals surface area (Å²) >= 11 is 0. The Hall–Kier alpha value is -0.0400. The minimum atomic E-state index is 0.147. The van der Waals surface area contributed by atoms with Gasteiger partial charge in [0.15, 0.2) is 0 Å². The molecule has 1 fully saturated rings. The molecule has 0 spiro atoms. The maximum absolute atomic E-state index is 5.73. The predicted molar refractivity (Wildman–Crippen MR) is 47.7 cm³/mol. The van der Waals surface area contributed by atoms with Crippen molar-refractivity contribution in [1.82, 2.24) is 0 Å². The van der Waals surface area contributed by atoms with Crippen molar-refractivity contribution in [2.45, 2.75) is 52.1 Å². The summed E-state index contributed by atoms with van der Waals surface area (Å²) in [6.07, 6.45) is 5.24. The van der Waals surface area contributed by atoms with Crippen molar-refractivity contribution in [2.24, 2.45) is 5.92 Å². The van der Waals surface area contributed by atoms with Crippen LogP contribution >= 0.6 is 0 Å². The van der Waals surface area contributed by atoms with E-state index in [0.29, 0.717) is 0 Å². The molecule has 66 valence electrons. The standard InChI is InChI=1S/C10H20O/c1-4-6-9-7-5-8-11-10(9,2)3/h9H,4-8H2,1-3H3/t9-/m0/s1. The van der Waals surface area contributed by atoms with E-state index in [-0.39, 0.29) is 5.60 Å². The Morgan fingerprint density at radius 3 is 2.73 bits per heavy atom. The molecule has 0 N–H and O–H groups in total. The van der Waals surface area contributed by atoms with Gasteiger partial charge in [0.1, 0.15) is 0 Å². The lowest BCUT2D eigenvalue weighted by Crippen LogP contribution is -2.38. The molecule has 0 aromatic rings. The first-order chi connectivity index (χ1) is 5.17. The molecule has 1 aliphatic rings. The second-order valence-corrected chi connectivity index (χ2v) is 4.08. The van der Waals surface area contributed by atoms with Gasteiger partial charge in [-0.2, -0.15) is 0 Å². The molecule has 1 atom stereocenters. The van der Waals surface area contributed by atoms with Crippen molar-refractivity contribution in [3.8, 4) is 0 Å². The Morgan fingerprint density at radius 1 is 1.45 bits per heavy atom. The summed E-state index contributed by atoms with van der Waals surface area (Å²) in [7, 11) is 0. The number of rotatable bonds is 2. The lowest BCUT2D eigenvalue weighted by molar-refractivity contribution is -0.0957. The van der Waals surface area contributed by atoms with Gasteiger partial charge in [0.25, 0.3) is 0 Å². The van der Waals surface area contributed by atoms with Crippen LogP contribution in [0.3, 0.4) is 0 Å². The lowest BCUT2D eigenvalue weighted by Gasteiger charge is -2.38. The minimum Gasteiger partial charge on any atom is -0.375 e. The van der Waals surface area contributed by atoms with Crippen LogP contribution in [0.25, 0.3) is 0 Å². The summed E-state index contributed by atoms with van der Waals surface area (Å²) in [6, 6.07) is 0. The third-order valence-electron chi connectivity index (χ3n) is 2.79. The molecule has 0 aromatic carbocycles. The van der Waals surface area contributed by atoms with E-state index in [0.717, 1.165) is 12.5 Å². The van der Waals surface area contributed by atoms with E-state index in [1.165, 1.54) is 25.7 Å². The average molecular weight is 156 g/mol. The molecule has 0 aromatic heterocycles. The Kier molecular flexibility index (Phi) is 2.94. The third kappa shape index (κ3) is 2.19. The summed E-state index contributed by atoms with van der Waals surface area (Å²) in [5.41, 5.74) is 0.147.